The fourth-order valence-electron chi connectivity index (χ4n) is 4.50. The average molecular weight is 492 g/mol. The minimum absolute atomic E-state index is 0.0482. The van der Waals surface area contributed by atoms with E-state index in [0.717, 1.165) is 35.0 Å². The van der Waals surface area contributed by atoms with Crippen molar-refractivity contribution in [1.29, 1.82) is 0 Å². The van der Waals surface area contributed by atoms with Gasteiger partial charge in [0.05, 0.1) is 22.7 Å². The SMILES string of the molecule is CC(C)CS(=O)(=O)Nc1ccc(-c2c(N)c3ccc(Oc4ncccn4)cc3n2C2CCC2)cc1. The minimum Gasteiger partial charge on any atom is -0.424 e. The van der Waals surface area contributed by atoms with E-state index in [1.165, 1.54) is 6.42 Å². The van der Waals surface area contributed by atoms with E-state index in [1.807, 2.05) is 44.2 Å². The molecule has 2 heterocycles. The molecule has 8 nitrogen and oxygen atoms in total. The van der Waals surface area contributed by atoms with Gasteiger partial charge in [-0.05, 0) is 55.5 Å². The highest BCUT2D eigenvalue weighted by Crippen LogP contribution is 2.45. The number of rotatable bonds is 8. The van der Waals surface area contributed by atoms with Crippen LogP contribution in [0.3, 0.4) is 0 Å². The molecule has 0 atom stereocenters. The van der Waals surface area contributed by atoms with E-state index < -0.39 is 10.0 Å². The first-order valence-electron chi connectivity index (χ1n) is 11.8. The number of fused-ring (bicyclic) bond motifs is 1. The van der Waals surface area contributed by atoms with Gasteiger partial charge in [0.25, 0.3) is 0 Å². The van der Waals surface area contributed by atoms with Gasteiger partial charge in [-0.3, -0.25) is 4.72 Å². The molecule has 1 aliphatic rings. The van der Waals surface area contributed by atoms with Gasteiger partial charge in [0.15, 0.2) is 0 Å². The van der Waals surface area contributed by atoms with Gasteiger partial charge in [-0.15, -0.1) is 0 Å². The molecule has 1 fully saturated rings. The van der Waals surface area contributed by atoms with E-state index in [4.69, 9.17) is 10.5 Å². The van der Waals surface area contributed by atoms with Crippen LogP contribution in [-0.4, -0.2) is 28.7 Å². The van der Waals surface area contributed by atoms with Crippen molar-refractivity contribution < 1.29 is 13.2 Å². The number of nitrogens with zero attached hydrogens (tertiary/aromatic N) is 3. The molecule has 35 heavy (non-hydrogen) atoms. The third kappa shape index (κ3) is 4.81. The summed E-state index contributed by atoms with van der Waals surface area (Å²) in [5, 5.41) is 0.954. The molecule has 2 aromatic heterocycles. The number of nitrogens with two attached hydrogens (primary N) is 1. The molecule has 3 N–H and O–H groups in total. The van der Waals surface area contributed by atoms with Crippen molar-refractivity contribution in [3.8, 4) is 23.0 Å². The second kappa shape index (κ2) is 9.22. The van der Waals surface area contributed by atoms with Crippen LogP contribution in [0.4, 0.5) is 11.4 Å². The van der Waals surface area contributed by atoms with Crippen LogP contribution in [0.15, 0.2) is 60.9 Å². The van der Waals surface area contributed by atoms with Crippen LogP contribution in [-0.2, 0) is 10.0 Å². The van der Waals surface area contributed by atoms with E-state index in [1.54, 1.807) is 30.6 Å². The van der Waals surface area contributed by atoms with Gasteiger partial charge in [0.1, 0.15) is 5.75 Å². The molecule has 0 unspecified atom stereocenters. The smallest absolute Gasteiger partial charge is 0.321 e. The summed E-state index contributed by atoms with van der Waals surface area (Å²) in [6.45, 7) is 3.77. The van der Waals surface area contributed by atoms with Crippen molar-refractivity contribution in [3.63, 3.8) is 0 Å². The predicted molar refractivity (Wildman–Crippen MR) is 139 cm³/mol. The zero-order chi connectivity index (χ0) is 24.6. The Labute approximate surface area is 205 Å². The number of sulfonamides is 1. The molecule has 2 aromatic carbocycles. The average Bonchev–Trinajstić information content (AvgIpc) is 3.04. The lowest BCUT2D eigenvalue weighted by Crippen LogP contribution is -2.20. The van der Waals surface area contributed by atoms with Crippen LogP contribution in [0, 0.1) is 5.92 Å². The van der Waals surface area contributed by atoms with Crippen LogP contribution in [0.1, 0.15) is 39.2 Å². The summed E-state index contributed by atoms with van der Waals surface area (Å²) in [6, 6.07) is 15.6. The van der Waals surface area contributed by atoms with Gasteiger partial charge in [-0.1, -0.05) is 26.0 Å². The molecule has 0 amide bonds. The highest BCUT2D eigenvalue weighted by Gasteiger charge is 2.27. The normalized spacial score (nSPS) is 14.3. The van der Waals surface area contributed by atoms with E-state index in [2.05, 4.69) is 19.3 Å². The number of nitrogen functional groups attached to an aromatic ring is 1. The van der Waals surface area contributed by atoms with E-state index in [-0.39, 0.29) is 17.7 Å². The highest BCUT2D eigenvalue weighted by molar-refractivity contribution is 7.92. The Hall–Kier alpha value is -3.59. The minimum atomic E-state index is -3.39. The molecule has 1 saturated carbocycles. The molecule has 0 radical (unpaired) electrons. The maximum atomic E-state index is 12.3. The van der Waals surface area contributed by atoms with Crippen molar-refractivity contribution in [2.75, 3.05) is 16.2 Å². The number of nitrogens with one attached hydrogen (secondary N) is 1. The molecular weight excluding hydrogens is 462 g/mol. The van der Waals surface area contributed by atoms with Gasteiger partial charge >= 0.3 is 6.01 Å². The maximum absolute atomic E-state index is 12.3. The Bertz CT molecular complexity index is 1440. The number of hydrogen-bond donors (Lipinski definition) is 2. The van der Waals surface area contributed by atoms with Crippen molar-refractivity contribution in [2.45, 2.75) is 39.2 Å². The third-order valence-corrected chi connectivity index (χ3v) is 7.84. The second-order valence-corrected chi connectivity index (χ2v) is 11.2. The predicted octanol–water partition coefficient (Wildman–Crippen LogP) is 5.60. The standard InChI is InChI=1S/C26H29N5O3S/c1-17(2)16-35(32,33)30-19-9-7-18(8-10-19)25-24(27)22-12-11-21(34-26-28-13-4-14-29-26)15-23(22)31(25)20-5-3-6-20/h4,7-15,17,20,30H,3,5-6,16,27H2,1-2H3. The Morgan fingerprint density at radius 3 is 2.46 bits per heavy atom. The number of anilines is 2. The lowest BCUT2D eigenvalue weighted by molar-refractivity contribution is 0.324. The number of benzene rings is 2. The van der Waals surface area contributed by atoms with Gasteiger partial charge in [0, 0.05) is 41.1 Å². The Balaban J connectivity index is 1.52. The molecule has 9 heteroatoms. The van der Waals surface area contributed by atoms with Crippen LogP contribution < -0.4 is 15.2 Å². The molecular formula is C26H29N5O3S. The summed E-state index contributed by atoms with van der Waals surface area (Å²) in [7, 11) is -3.39. The molecule has 0 spiro atoms. The third-order valence-electron chi connectivity index (χ3n) is 6.19. The van der Waals surface area contributed by atoms with E-state index in [0.29, 0.717) is 23.2 Å². The van der Waals surface area contributed by atoms with Gasteiger partial charge < -0.3 is 15.0 Å². The second-order valence-electron chi connectivity index (χ2n) is 9.38. The van der Waals surface area contributed by atoms with Gasteiger partial charge in [-0.25, -0.2) is 18.4 Å². The summed E-state index contributed by atoms with van der Waals surface area (Å²) >= 11 is 0. The first kappa shape index (κ1) is 23.2. The summed E-state index contributed by atoms with van der Waals surface area (Å²) in [5.41, 5.74) is 10.8. The lowest BCUT2D eigenvalue weighted by Gasteiger charge is -2.30. The molecule has 0 aliphatic heterocycles. The van der Waals surface area contributed by atoms with E-state index in [9.17, 15) is 8.42 Å². The molecule has 182 valence electrons. The van der Waals surface area contributed by atoms with Crippen molar-refractivity contribution in [3.05, 3.63) is 60.9 Å². The number of hydrogen-bond acceptors (Lipinski definition) is 6. The number of ether oxygens (including phenoxy) is 1. The Morgan fingerprint density at radius 1 is 1.11 bits per heavy atom. The number of aromatic nitrogens is 3. The zero-order valence-corrected chi connectivity index (χ0v) is 20.6. The lowest BCUT2D eigenvalue weighted by atomic mass is 9.92. The monoisotopic (exact) mass is 491 g/mol. The van der Waals surface area contributed by atoms with Gasteiger partial charge in [-0.2, -0.15) is 0 Å². The summed E-state index contributed by atoms with van der Waals surface area (Å²) in [5.74, 6) is 0.770. The summed E-state index contributed by atoms with van der Waals surface area (Å²) < 4.78 is 35.5. The summed E-state index contributed by atoms with van der Waals surface area (Å²) in [6.07, 6.45) is 6.61. The topological polar surface area (TPSA) is 112 Å². The van der Waals surface area contributed by atoms with Gasteiger partial charge in [0.2, 0.25) is 10.0 Å². The summed E-state index contributed by atoms with van der Waals surface area (Å²) in [4.78, 5) is 8.29. The molecule has 0 bridgehead atoms. The molecule has 4 aromatic rings. The first-order chi connectivity index (χ1) is 16.8. The largest absolute Gasteiger partial charge is 0.424 e. The van der Waals surface area contributed by atoms with Crippen molar-refractivity contribution in [1.82, 2.24) is 14.5 Å². The van der Waals surface area contributed by atoms with Crippen LogP contribution in [0.2, 0.25) is 0 Å². The fourth-order valence-corrected chi connectivity index (χ4v) is 5.95. The van der Waals surface area contributed by atoms with Crippen LogP contribution in [0.5, 0.6) is 11.8 Å². The van der Waals surface area contributed by atoms with E-state index >= 15 is 0 Å². The highest BCUT2D eigenvalue weighted by atomic mass is 32.2. The molecule has 0 saturated heterocycles. The Kier molecular flexibility index (Phi) is 6.10. The molecule has 5 rings (SSSR count). The maximum Gasteiger partial charge on any atom is 0.321 e. The fraction of sp³-hybridized carbons (Fsp3) is 0.308. The zero-order valence-electron chi connectivity index (χ0n) is 19.8. The quantitative estimate of drug-likeness (QED) is 0.332. The van der Waals surface area contributed by atoms with Crippen molar-refractivity contribution >= 4 is 32.3 Å². The first-order valence-corrected chi connectivity index (χ1v) is 13.4. The Morgan fingerprint density at radius 2 is 1.83 bits per heavy atom. The van der Waals surface area contributed by atoms with Crippen LogP contribution >= 0.6 is 0 Å². The van der Waals surface area contributed by atoms with Crippen LogP contribution in [0.25, 0.3) is 22.2 Å². The van der Waals surface area contributed by atoms with Crippen molar-refractivity contribution in [2.24, 2.45) is 5.92 Å². The molecule has 1 aliphatic carbocycles.